The summed E-state index contributed by atoms with van der Waals surface area (Å²) in [6.45, 7) is 2.47. The van der Waals surface area contributed by atoms with Crippen molar-refractivity contribution < 1.29 is 15.3 Å². The van der Waals surface area contributed by atoms with Gasteiger partial charge in [-0.05, 0) is 37.3 Å². The number of aromatic hydroxyl groups is 3. The topological polar surface area (TPSA) is 90.3 Å². The molecule has 2 aromatic carbocycles. The Morgan fingerprint density at radius 3 is 2.59 bits per heavy atom. The van der Waals surface area contributed by atoms with Gasteiger partial charge in [0.25, 0.3) is 0 Å². The van der Waals surface area contributed by atoms with Crippen molar-refractivity contribution in [2.24, 2.45) is 10.1 Å². The Labute approximate surface area is 168 Å². The summed E-state index contributed by atoms with van der Waals surface area (Å²) in [5.74, 6) is -1.48. The van der Waals surface area contributed by atoms with E-state index in [4.69, 9.17) is 23.2 Å². The van der Waals surface area contributed by atoms with Gasteiger partial charge in [0.05, 0.1) is 16.9 Å². The zero-order valence-corrected chi connectivity index (χ0v) is 16.4. The monoisotopic (exact) mass is 423 g/mol. The average Bonchev–Trinajstić information content (AvgIpc) is 3.02. The summed E-state index contributed by atoms with van der Waals surface area (Å²) in [7, 11) is 0. The summed E-state index contributed by atoms with van der Waals surface area (Å²) in [6.07, 6.45) is 1.36. The van der Waals surface area contributed by atoms with E-state index in [1.807, 2.05) is 12.3 Å². The van der Waals surface area contributed by atoms with E-state index in [0.29, 0.717) is 27.1 Å². The maximum absolute atomic E-state index is 9.97. The van der Waals surface area contributed by atoms with Crippen LogP contribution in [0.4, 0.5) is 0 Å². The zero-order chi connectivity index (χ0) is 19.6. The first-order valence-electron chi connectivity index (χ1n) is 7.87. The fourth-order valence-corrected chi connectivity index (χ4v) is 3.74. The molecule has 0 saturated heterocycles. The van der Waals surface area contributed by atoms with Gasteiger partial charge in [-0.25, -0.2) is 4.68 Å². The van der Waals surface area contributed by atoms with E-state index in [-0.39, 0.29) is 5.56 Å². The van der Waals surface area contributed by atoms with Crippen LogP contribution in [0.1, 0.15) is 12.5 Å². The van der Waals surface area contributed by atoms with Gasteiger partial charge in [-0.1, -0.05) is 23.2 Å². The third-order valence-electron chi connectivity index (χ3n) is 3.66. The molecule has 0 unspecified atom stereocenters. The number of hydrogen-bond acceptors (Lipinski definition) is 6. The smallest absolute Gasteiger partial charge is 0.206 e. The van der Waals surface area contributed by atoms with Crippen LogP contribution in [-0.2, 0) is 0 Å². The first-order valence-corrected chi connectivity index (χ1v) is 9.50. The number of phenolic OH excluding ortho intramolecular Hbond substituents is 3. The number of phenols is 3. The highest BCUT2D eigenvalue weighted by molar-refractivity contribution is 7.07. The quantitative estimate of drug-likeness (QED) is 0.427. The Morgan fingerprint density at radius 1 is 1.11 bits per heavy atom. The third kappa shape index (κ3) is 3.95. The van der Waals surface area contributed by atoms with Gasteiger partial charge < -0.3 is 15.3 Å². The van der Waals surface area contributed by atoms with Crippen molar-refractivity contribution in [2.45, 2.75) is 6.92 Å². The fraction of sp³-hybridized carbons (Fsp3) is 0.111. The van der Waals surface area contributed by atoms with E-state index in [2.05, 4.69) is 10.1 Å². The number of aromatic nitrogens is 1. The highest BCUT2D eigenvalue weighted by atomic mass is 35.5. The van der Waals surface area contributed by atoms with Gasteiger partial charge in [-0.15, -0.1) is 11.3 Å². The normalized spacial score (nSPS) is 12.2. The summed E-state index contributed by atoms with van der Waals surface area (Å²) in [6, 6.07) is 7.87. The van der Waals surface area contributed by atoms with Gasteiger partial charge in [-0.3, -0.25) is 4.99 Å². The Bertz CT molecular complexity index is 1090. The Kier molecular flexibility index (Phi) is 5.74. The maximum atomic E-state index is 9.97. The van der Waals surface area contributed by atoms with Crippen molar-refractivity contribution >= 4 is 40.8 Å². The summed E-state index contributed by atoms with van der Waals surface area (Å²) >= 11 is 13.7. The molecule has 1 aromatic heterocycles. The van der Waals surface area contributed by atoms with E-state index < -0.39 is 17.2 Å². The SMILES string of the molecule is CCN=c1scc(-c2ccc(Cl)cc2Cl)n1N=Cc1ccc(O)c(O)c1O. The molecule has 6 nitrogen and oxygen atoms in total. The van der Waals surface area contributed by atoms with Crippen molar-refractivity contribution in [3.63, 3.8) is 0 Å². The Balaban J connectivity index is 2.13. The van der Waals surface area contributed by atoms with Crippen molar-refractivity contribution in [2.75, 3.05) is 6.54 Å². The molecule has 0 aliphatic carbocycles. The number of benzene rings is 2. The first kappa shape index (κ1) is 19.3. The molecule has 0 atom stereocenters. The summed E-state index contributed by atoms with van der Waals surface area (Å²) in [5, 5.41) is 36.3. The Morgan fingerprint density at radius 2 is 1.89 bits per heavy atom. The molecule has 0 spiro atoms. The lowest BCUT2D eigenvalue weighted by Gasteiger charge is -2.07. The molecule has 0 fully saturated rings. The van der Waals surface area contributed by atoms with Crippen molar-refractivity contribution in [1.82, 2.24) is 4.68 Å². The second-order valence-electron chi connectivity index (χ2n) is 5.43. The Hall–Kier alpha value is -2.48. The largest absolute Gasteiger partial charge is 0.504 e. The van der Waals surface area contributed by atoms with Gasteiger partial charge >= 0.3 is 0 Å². The minimum atomic E-state index is -0.603. The van der Waals surface area contributed by atoms with Crippen LogP contribution in [0.25, 0.3) is 11.3 Å². The predicted octanol–water partition coefficient (Wildman–Crippen LogP) is 4.44. The number of nitrogens with zero attached hydrogens (tertiary/aromatic N) is 3. The highest BCUT2D eigenvalue weighted by Gasteiger charge is 2.13. The molecule has 140 valence electrons. The van der Waals surface area contributed by atoms with Crippen LogP contribution in [0.15, 0.2) is 45.8 Å². The molecular formula is C18H15Cl2N3O3S. The lowest BCUT2D eigenvalue weighted by Crippen LogP contribution is -2.12. The van der Waals surface area contributed by atoms with E-state index in [1.54, 1.807) is 22.9 Å². The van der Waals surface area contributed by atoms with E-state index in [1.165, 1.54) is 29.7 Å². The molecule has 1 heterocycles. The minimum absolute atomic E-state index is 0.236. The molecule has 0 aliphatic heterocycles. The lowest BCUT2D eigenvalue weighted by molar-refractivity contribution is 0.367. The summed E-state index contributed by atoms with van der Waals surface area (Å²) in [4.78, 5) is 5.05. The molecule has 9 heteroatoms. The van der Waals surface area contributed by atoms with Crippen LogP contribution in [0.3, 0.4) is 0 Å². The van der Waals surface area contributed by atoms with Crippen LogP contribution >= 0.6 is 34.5 Å². The van der Waals surface area contributed by atoms with Crippen LogP contribution in [0, 0.1) is 0 Å². The highest BCUT2D eigenvalue weighted by Crippen LogP contribution is 2.36. The maximum Gasteiger partial charge on any atom is 0.206 e. The number of thiazole rings is 1. The summed E-state index contributed by atoms with van der Waals surface area (Å²) < 4.78 is 1.59. The molecule has 0 radical (unpaired) electrons. The number of rotatable bonds is 4. The molecule has 3 aromatic rings. The standard InChI is InChI=1S/C18H15Cl2N3O3S/c1-2-21-18-23(22-8-10-3-6-15(24)17(26)16(10)25)14(9-27-18)12-5-4-11(19)7-13(12)20/h3-9,24-26H,2H2,1H3. The fourth-order valence-electron chi connectivity index (χ4n) is 2.35. The van der Waals surface area contributed by atoms with Gasteiger partial charge in [0.2, 0.25) is 10.6 Å². The van der Waals surface area contributed by atoms with Gasteiger partial charge in [0.1, 0.15) is 0 Å². The zero-order valence-electron chi connectivity index (χ0n) is 14.1. The minimum Gasteiger partial charge on any atom is -0.504 e. The predicted molar refractivity (Wildman–Crippen MR) is 108 cm³/mol. The lowest BCUT2D eigenvalue weighted by atomic mass is 10.2. The van der Waals surface area contributed by atoms with Crippen LogP contribution in [0.5, 0.6) is 17.2 Å². The molecule has 3 N–H and O–H groups in total. The second-order valence-corrected chi connectivity index (χ2v) is 7.11. The molecule has 0 amide bonds. The molecule has 0 aliphatic rings. The van der Waals surface area contributed by atoms with Gasteiger partial charge in [0.15, 0.2) is 11.5 Å². The van der Waals surface area contributed by atoms with Crippen molar-refractivity contribution in [3.8, 4) is 28.5 Å². The third-order valence-corrected chi connectivity index (χ3v) is 5.06. The van der Waals surface area contributed by atoms with E-state index in [9.17, 15) is 15.3 Å². The van der Waals surface area contributed by atoms with E-state index >= 15 is 0 Å². The van der Waals surface area contributed by atoms with Crippen LogP contribution < -0.4 is 4.80 Å². The summed E-state index contributed by atoms with van der Waals surface area (Å²) in [5.41, 5.74) is 1.66. The molecule has 0 bridgehead atoms. The molecule has 3 rings (SSSR count). The van der Waals surface area contributed by atoms with E-state index in [0.717, 1.165) is 5.56 Å². The second kappa shape index (κ2) is 8.04. The average molecular weight is 424 g/mol. The van der Waals surface area contributed by atoms with Gasteiger partial charge in [-0.2, -0.15) is 5.10 Å². The number of hydrogen-bond donors (Lipinski definition) is 3. The van der Waals surface area contributed by atoms with Crippen molar-refractivity contribution in [1.29, 1.82) is 0 Å². The van der Waals surface area contributed by atoms with Crippen LogP contribution in [-0.4, -0.2) is 32.8 Å². The van der Waals surface area contributed by atoms with Crippen LogP contribution in [0.2, 0.25) is 10.0 Å². The number of halogens is 2. The first-order chi connectivity index (χ1) is 12.9. The molecule has 27 heavy (non-hydrogen) atoms. The van der Waals surface area contributed by atoms with Crippen molar-refractivity contribution in [3.05, 3.63) is 56.1 Å². The molecule has 0 saturated carbocycles. The molecular weight excluding hydrogens is 409 g/mol. The van der Waals surface area contributed by atoms with Gasteiger partial charge in [0, 0.05) is 28.1 Å².